The molecule has 0 saturated carbocycles. The predicted molar refractivity (Wildman–Crippen MR) is 127 cm³/mol. The Hall–Kier alpha value is -3.30. The van der Waals surface area contributed by atoms with Gasteiger partial charge in [-0.1, -0.05) is 37.6 Å². The summed E-state index contributed by atoms with van der Waals surface area (Å²) < 4.78 is 25.0. The van der Waals surface area contributed by atoms with Gasteiger partial charge in [0.25, 0.3) is 0 Å². The van der Waals surface area contributed by atoms with E-state index in [9.17, 15) is 14.4 Å². The highest BCUT2D eigenvalue weighted by atomic mass is 35.5. The number of benzene rings is 2. The van der Waals surface area contributed by atoms with Crippen LogP contribution in [0.1, 0.15) is 54.9 Å². The normalized spacial score (nSPS) is 19.4. The Morgan fingerprint density at radius 3 is 2.65 bits per heavy atom. The maximum Gasteiger partial charge on any atom is 0.205 e. The van der Waals surface area contributed by atoms with E-state index in [4.69, 9.17) is 26.8 Å². The molecular formula is C27H26ClFN2O3. The number of halogens is 2. The summed E-state index contributed by atoms with van der Waals surface area (Å²) in [6, 6.07) is 10.1. The first-order chi connectivity index (χ1) is 16.0. The number of aryl methyl sites for hydroxylation is 2. The molecule has 1 atom stereocenters. The van der Waals surface area contributed by atoms with Crippen molar-refractivity contribution in [3.05, 3.63) is 86.2 Å². The molecule has 2 N–H and O–H groups in total. The van der Waals surface area contributed by atoms with Crippen LogP contribution in [-0.4, -0.2) is 5.78 Å². The zero-order valence-electron chi connectivity index (χ0n) is 19.6. The molecular weight excluding hydrogens is 455 g/mol. The Balaban J connectivity index is 1.77. The van der Waals surface area contributed by atoms with E-state index in [1.807, 2.05) is 39.8 Å². The van der Waals surface area contributed by atoms with Crippen molar-refractivity contribution in [1.82, 2.24) is 0 Å². The van der Waals surface area contributed by atoms with Crippen molar-refractivity contribution >= 4 is 17.4 Å². The van der Waals surface area contributed by atoms with E-state index >= 15 is 0 Å². The van der Waals surface area contributed by atoms with Crippen LogP contribution < -0.4 is 10.5 Å². The molecule has 176 valence electrons. The number of ketones is 1. The van der Waals surface area contributed by atoms with Crippen molar-refractivity contribution in [2.24, 2.45) is 11.1 Å². The number of ether oxygens (including phenoxy) is 2. The van der Waals surface area contributed by atoms with Crippen LogP contribution in [-0.2, 0) is 16.1 Å². The average molecular weight is 481 g/mol. The minimum Gasteiger partial charge on any atom is -0.487 e. The first kappa shape index (κ1) is 23.8. The van der Waals surface area contributed by atoms with Crippen LogP contribution in [0.2, 0.25) is 5.02 Å². The molecule has 2 aliphatic rings. The van der Waals surface area contributed by atoms with Gasteiger partial charge in [-0.3, -0.25) is 4.79 Å². The van der Waals surface area contributed by atoms with E-state index in [1.54, 1.807) is 0 Å². The number of hydrogen-bond donors (Lipinski definition) is 1. The second kappa shape index (κ2) is 8.81. The van der Waals surface area contributed by atoms with Crippen LogP contribution in [0.4, 0.5) is 4.39 Å². The second-order valence-corrected chi connectivity index (χ2v) is 10.1. The molecule has 2 aromatic rings. The fourth-order valence-electron chi connectivity index (χ4n) is 4.73. The topological polar surface area (TPSA) is 85.3 Å². The number of nitriles is 1. The van der Waals surface area contributed by atoms with Crippen LogP contribution in [0.5, 0.6) is 5.75 Å². The lowest BCUT2D eigenvalue weighted by Gasteiger charge is -2.37. The summed E-state index contributed by atoms with van der Waals surface area (Å²) in [4.78, 5) is 13.3. The maximum atomic E-state index is 13.4. The molecule has 4 rings (SSSR count). The number of nitrogens with zero attached hydrogens (tertiary/aromatic N) is 1. The Bertz CT molecular complexity index is 1300. The van der Waals surface area contributed by atoms with Crippen LogP contribution in [0.25, 0.3) is 0 Å². The molecule has 1 heterocycles. The Kier molecular flexibility index (Phi) is 6.18. The summed E-state index contributed by atoms with van der Waals surface area (Å²) in [5.74, 6) is -0.139. The number of nitrogens with two attached hydrogens (primary N) is 1. The van der Waals surface area contributed by atoms with Gasteiger partial charge in [0, 0.05) is 18.4 Å². The Labute approximate surface area is 203 Å². The monoisotopic (exact) mass is 480 g/mol. The molecule has 0 unspecified atom stereocenters. The first-order valence-electron chi connectivity index (χ1n) is 11.0. The predicted octanol–water partition coefficient (Wildman–Crippen LogP) is 6.13. The standard InChI is InChI=1S/C27H26ClFN2O3/c1-14-7-15(2)18(8-16(14)13-33-22-6-5-17(29)9-20(22)28)24-19(12-30)26(31)34-23-11-27(3,4)10-21(32)25(23)24/h5-9,24H,10-11,13,31H2,1-4H3/t24-/m1/s1. The lowest BCUT2D eigenvalue weighted by atomic mass is 9.69. The molecule has 0 saturated heterocycles. The number of Topliss-reactive ketones (excluding diaryl/α,β-unsaturated/α-hetero) is 1. The van der Waals surface area contributed by atoms with E-state index < -0.39 is 11.7 Å². The molecule has 7 heteroatoms. The van der Waals surface area contributed by atoms with E-state index in [2.05, 4.69) is 6.07 Å². The summed E-state index contributed by atoms with van der Waals surface area (Å²) in [6.45, 7) is 8.11. The molecule has 5 nitrogen and oxygen atoms in total. The SMILES string of the molecule is Cc1cc(C)c([C@@H]2C(C#N)=C(N)OC3=C2C(=O)CC(C)(C)C3)cc1COc1ccc(F)cc1Cl. The average Bonchev–Trinajstić information content (AvgIpc) is 2.72. The van der Waals surface area contributed by atoms with Gasteiger partial charge in [0.1, 0.15) is 35.6 Å². The Morgan fingerprint density at radius 2 is 1.97 bits per heavy atom. The van der Waals surface area contributed by atoms with Crippen molar-refractivity contribution in [3.8, 4) is 11.8 Å². The highest BCUT2D eigenvalue weighted by molar-refractivity contribution is 6.32. The van der Waals surface area contributed by atoms with E-state index in [1.165, 1.54) is 18.2 Å². The van der Waals surface area contributed by atoms with Gasteiger partial charge in [-0.2, -0.15) is 5.26 Å². The van der Waals surface area contributed by atoms with E-state index in [0.717, 1.165) is 22.3 Å². The second-order valence-electron chi connectivity index (χ2n) is 9.70. The zero-order chi connectivity index (χ0) is 24.8. The third-order valence-electron chi connectivity index (χ3n) is 6.39. The fourth-order valence-corrected chi connectivity index (χ4v) is 4.95. The molecule has 0 amide bonds. The zero-order valence-corrected chi connectivity index (χ0v) is 20.3. The molecule has 1 aliphatic heterocycles. The third kappa shape index (κ3) is 4.41. The highest BCUT2D eigenvalue weighted by Crippen LogP contribution is 2.48. The highest BCUT2D eigenvalue weighted by Gasteiger charge is 2.43. The van der Waals surface area contributed by atoms with Crippen molar-refractivity contribution in [2.75, 3.05) is 0 Å². The smallest absolute Gasteiger partial charge is 0.205 e. The minimum absolute atomic E-state index is 0.0348. The molecule has 0 aromatic heterocycles. The largest absolute Gasteiger partial charge is 0.487 e. The van der Waals surface area contributed by atoms with Crippen molar-refractivity contribution < 1.29 is 18.7 Å². The van der Waals surface area contributed by atoms with Crippen LogP contribution in [0.15, 0.2) is 53.1 Å². The summed E-state index contributed by atoms with van der Waals surface area (Å²) in [7, 11) is 0. The molecule has 0 radical (unpaired) electrons. The van der Waals surface area contributed by atoms with Crippen molar-refractivity contribution in [2.45, 2.75) is 53.1 Å². The maximum absolute atomic E-state index is 13.4. The van der Waals surface area contributed by atoms with Crippen LogP contribution >= 0.6 is 11.6 Å². The van der Waals surface area contributed by atoms with Gasteiger partial charge in [-0.05, 0) is 59.7 Å². The third-order valence-corrected chi connectivity index (χ3v) is 6.68. The number of carbonyl (C=O) groups is 1. The summed E-state index contributed by atoms with van der Waals surface area (Å²) in [6.07, 6.45) is 0.933. The number of carbonyl (C=O) groups excluding carboxylic acids is 1. The number of rotatable bonds is 4. The van der Waals surface area contributed by atoms with Crippen molar-refractivity contribution in [3.63, 3.8) is 0 Å². The summed E-state index contributed by atoms with van der Waals surface area (Å²) >= 11 is 6.10. The number of allylic oxidation sites excluding steroid dienone is 3. The Morgan fingerprint density at radius 1 is 1.24 bits per heavy atom. The molecule has 1 aliphatic carbocycles. The molecule has 0 fully saturated rings. The fraction of sp³-hybridized carbons (Fsp3) is 0.333. The van der Waals surface area contributed by atoms with Gasteiger partial charge in [-0.25, -0.2) is 4.39 Å². The van der Waals surface area contributed by atoms with Gasteiger partial charge < -0.3 is 15.2 Å². The van der Waals surface area contributed by atoms with Crippen LogP contribution in [0.3, 0.4) is 0 Å². The quantitative estimate of drug-likeness (QED) is 0.569. The minimum atomic E-state index is -0.605. The molecule has 0 bridgehead atoms. The van der Waals surface area contributed by atoms with Crippen molar-refractivity contribution in [1.29, 1.82) is 5.26 Å². The molecule has 0 spiro atoms. The summed E-state index contributed by atoms with van der Waals surface area (Å²) in [5, 5.41) is 10.1. The van der Waals surface area contributed by atoms with Gasteiger partial charge in [0.15, 0.2) is 5.78 Å². The lowest BCUT2D eigenvalue weighted by Crippen LogP contribution is -2.33. The van der Waals surface area contributed by atoms with Gasteiger partial charge in [-0.15, -0.1) is 0 Å². The van der Waals surface area contributed by atoms with Gasteiger partial charge in [0.05, 0.1) is 10.9 Å². The molecule has 2 aromatic carbocycles. The lowest BCUT2D eigenvalue weighted by molar-refractivity contribution is -0.119. The first-order valence-corrected chi connectivity index (χ1v) is 11.4. The molecule has 34 heavy (non-hydrogen) atoms. The van der Waals surface area contributed by atoms with Gasteiger partial charge >= 0.3 is 0 Å². The van der Waals surface area contributed by atoms with Crippen LogP contribution in [0, 0.1) is 36.4 Å². The van der Waals surface area contributed by atoms with Gasteiger partial charge in [0.2, 0.25) is 5.88 Å². The van der Waals surface area contributed by atoms with E-state index in [-0.39, 0.29) is 34.3 Å². The summed E-state index contributed by atoms with van der Waals surface area (Å²) in [5.41, 5.74) is 10.2. The number of hydrogen-bond acceptors (Lipinski definition) is 5. The van der Waals surface area contributed by atoms with E-state index in [0.29, 0.717) is 29.9 Å².